The lowest BCUT2D eigenvalue weighted by Gasteiger charge is -2.43. The minimum absolute atomic E-state index is 0.0682. The molecule has 29 heavy (non-hydrogen) atoms. The van der Waals surface area contributed by atoms with Gasteiger partial charge < -0.3 is 9.72 Å². The number of carbonyl (C=O) groups is 1. The Bertz CT molecular complexity index is 1020. The SMILES string of the molecule is C#CCOC(=O)C(=N)CC(C)(C)N1CCC(n2c(=O)[nH]c3ccc(C)cc32)CC1. The number of terminal acetylenes is 1. The molecule has 2 heterocycles. The first-order valence-corrected chi connectivity index (χ1v) is 9.87. The summed E-state index contributed by atoms with van der Waals surface area (Å²) < 4.78 is 6.74. The Morgan fingerprint density at radius 3 is 2.72 bits per heavy atom. The van der Waals surface area contributed by atoms with Crippen molar-refractivity contribution in [3.8, 4) is 12.3 Å². The molecule has 0 radical (unpaired) electrons. The summed E-state index contributed by atoms with van der Waals surface area (Å²) in [6.07, 6.45) is 7.05. The number of hydrogen-bond acceptors (Lipinski definition) is 5. The monoisotopic (exact) mass is 396 g/mol. The number of likely N-dealkylation sites (tertiary alicyclic amines) is 1. The van der Waals surface area contributed by atoms with E-state index in [1.807, 2.05) is 43.5 Å². The molecule has 1 saturated heterocycles. The number of benzene rings is 1. The summed E-state index contributed by atoms with van der Waals surface area (Å²) in [5.41, 5.74) is 2.43. The predicted octanol–water partition coefficient (Wildman–Crippen LogP) is 2.64. The van der Waals surface area contributed by atoms with Crippen LogP contribution in [-0.4, -0.2) is 51.4 Å². The number of aromatic amines is 1. The summed E-state index contributed by atoms with van der Waals surface area (Å²) in [5.74, 6) is 1.58. The molecule has 154 valence electrons. The van der Waals surface area contributed by atoms with Gasteiger partial charge in [-0.1, -0.05) is 12.0 Å². The summed E-state index contributed by atoms with van der Waals surface area (Å²) in [4.78, 5) is 29.6. The van der Waals surface area contributed by atoms with E-state index in [1.165, 1.54) is 0 Å². The van der Waals surface area contributed by atoms with E-state index in [0.29, 0.717) is 0 Å². The third-order valence-corrected chi connectivity index (χ3v) is 5.70. The van der Waals surface area contributed by atoms with Gasteiger partial charge in [0.1, 0.15) is 5.71 Å². The summed E-state index contributed by atoms with van der Waals surface area (Å²) in [5, 5.41) is 8.02. The number of imidazole rings is 1. The summed E-state index contributed by atoms with van der Waals surface area (Å²) in [6, 6.07) is 6.13. The topological polar surface area (TPSA) is 91.2 Å². The van der Waals surface area contributed by atoms with Crippen LogP contribution in [0.4, 0.5) is 0 Å². The number of nitrogens with one attached hydrogen (secondary N) is 2. The smallest absolute Gasteiger partial charge is 0.352 e. The Morgan fingerprint density at radius 2 is 2.07 bits per heavy atom. The van der Waals surface area contributed by atoms with Gasteiger partial charge in [-0.25, -0.2) is 9.59 Å². The molecule has 7 nitrogen and oxygen atoms in total. The van der Waals surface area contributed by atoms with Gasteiger partial charge in [0.05, 0.1) is 11.0 Å². The molecule has 7 heteroatoms. The summed E-state index contributed by atoms with van der Waals surface area (Å²) >= 11 is 0. The van der Waals surface area contributed by atoms with Crippen molar-refractivity contribution in [1.82, 2.24) is 14.5 Å². The Hall–Kier alpha value is -2.85. The second-order valence-electron chi connectivity index (χ2n) is 8.29. The van der Waals surface area contributed by atoms with Crippen LogP contribution in [0.1, 0.15) is 44.7 Å². The van der Waals surface area contributed by atoms with Crippen LogP contribution >= 0.6 is 0 Å². The molecule has 0 amide bonds. The zero-order valence-corrected chi connectivity index (χ0v) is 17.2. The van der Waals surface area contributed by atoms with Crippen LogP contribution in [0.5, 0.6) is 0 Å². The molecular formula is C22H28N4O3. The maximum absolute atomic E-state index is 12.5. The minimum Gasteiger partial charge on any atom is -0.448 e. The molecule has 1 aromatic heterocycles. The molecular weight excluding hydrogens is 368 g/mol. The van der Waals surface area contributed by atoms with E-state index < -0.39 is 5.97 Å². The fraction of sp³-hybridized carbons (Fsp3) is 0.500. The summed E-state index contributed by atoms with van der Waals surface area (Å²) in [7, 11) is 0. The number of ether oxygens (including phenoxy) is 1. The van der Waals surface area contributed by atoms with Crippen molar-refractivity contribution in [2.45, 2.75) is 51.6 Å². The van der Waals surface area contributed by atoms with Gasteiger partial charge in [0.25, 0.3) is 0 Å². The van der Waals surface area contributed by atoms with Crippen molar-refractivity contribution in [2.24, 2.45) is 0 Å². The van der Waals surface area contributed by atoms with Crippen molar-refractivity contribution < 1.29 is 9.53 Å². The zero-order chi connectivity index (χ0) is 21.2. The van der Waals surface area contributed by atoms with Crippen LogP contribution in [0, 0.1) is 24.7 Å². The highest BCUT2D eigenvalue weighted by atomic mass is 16.5. The second kappa shape index (κ2) is 8.26. The zero-order valence-electron chi connectivity index (χ0n) is 17.2. The fourth-order valence-corrected chi connectivity index (χ4v) is 4.13. The van der Waals surface area contributed by atoms with Crippen LogP contribution in [-0.2, 0) is 9.53 Å². The van der Waals surface area contributed by atoms with Crippen LogP contribution in [0.25, 0.3) is 11.0 Å². The Labute approximate surface area is 170 Å². The molecule has 2 aromatic rings. The Balaban J connectivity index is 1.67. The molecule has 3 rings (SSSR count). The molecule has 1 aromatic carbocycles. The molecule has 1 aliphatic heterocycles. The largest absolute Gasteiger partial charge is 0.448 e. The number of fused-ring (bicyclic) bond motifs is 1. The number of esters is 1. The van der Waals surface area contributed by atoms with Crippen molar-refractivity contribution in [1.29, 1.82) is 5.41 Å². The first-order valence-electron chi connectivity index (χ1n) is 9.87. The highest BCUT2D eigenvalue weighted by molar-refractivity contribution is 6.35. The van der Waals surface area contributed by atoms with Crippen molar-refractivity contribution in [3.63, 3.8) is 0 Å². The number of aryl methyl sites for hydroxylation is 1. The van der Waals surface area contributed by atoms with Crippen molar-refractivity contribution in [3.05, 3.63) is 34.2 Å². The number of hydrogen-bond donors (Lipinski definition) is 2. The van der Waals surface area contributed by atoms with Gasteiger partial charge in [0.15, 0.2) is 6.61 Å². The van der Waals surface area contributed by atoms with E-state index in [1.54, 1.807) is 0 Å². The van der Waals surface area contributed by atoms with E-state index >= 15 is 0 Å². The normalized spacial score (nSPS) is 15.9. The first-order chi connectivity index (χ1) is 13.7. The predicted molar refractivity (Wildman–Crippen MR) is 113 cm³/mol. The van der Waals surface area contributed by atoms with Gasteiger partial charge in [0.2, 0.25) is 0 Å². The summed E-state index contributed by atoms with van der Waals surface area (Å²) in [6.45, 7) is 7.53. The van der Waals surface area contributed by atoms with Gasteiger partial charge in [-0.15, -0.1) is 6.42 Å². The maximum Gasteiger partial charge on any atom is 0.352 e. The molecule has 0 saturated carbocycles. The van der Waals surface area contributed by atoms with E-state index in [9.17, 15) is 9.59 Å². The minimum atomic E-state index is -0.661. The van der Waals surface area contributed by atoms with Gasteiger partial charge >= 0.3 is 11.7 Å². The molecule has 1 aliphatic rings. The average molecular weight is 396 g/mol. The van der Waals surface area contributed by atoms with Crippen molar-refractivity contribution in [2.75, 3.05) is 19.7 Å². The second-order valence-corrected chi connectivity index (χ2v) is 8.29. The Kier molecular flexibility index (Phi) is 5.94. The lowest BCUT2D eigenvalue weighted by atomic mass is 9.91. The van der Waals surface area contributed by atoms with E-state index in [0.717, 1.165) is 42.5 Å². The number of aromatic nitrogens is 2. The average Bonchev–Trinajstić information content (AvgIpc) is 3.00. The van der Waals surface area contributed by atoms with E-state index in [-0.39, 0.29) is 36.0 Å². The quantitative estimate of drug-likeness (QED) is 0.446. The van der Waals surface area contributed by atoms with Gasteiger partial charge in [-0.3, -0.25) is 14.9 Å². The number of carbonyl (C=O) groups excluding carboxylic acids is 1. The highest BCUT2D eigenvalue weighted by Crippen LogP contribution is 2.30. The molecule has 0 spiro atoms. The highest BCUT2D eigenvalue weighted by Gasteiger charge is 2.34. The number of rotatable bonds is 6. The third-order valence-electron chi connectivity index (χ3n) is 5.70. The lowest BCUT2D eigenvalue weighted by Crippen LogP contribution is -2.50. The third kappa shape index (κ3) is 4.43. The fourth-order valence-electron chi connectivity index (χ4n) is 4.13. The molecule has 0 unspecified atom stereocenters. The molecule has 2 N–H and O–H groups in total. The lowest BCUT2D eigenvalue weighted by molar-refractivity contribution is -0.134. The number of H-pyrrole nitrogens is 1. The van der Waals surface area contributed by atoms with Crippen LogP contribution in [0.3, 0.4) is 0 Å². The van der Waals surface area contributed by atoms with Crippen LogP contribution < -0.4 is 5.69 Å². The van der Waals surface area contributed by atoms with Gasteiger partial charge in [-0.2, -0.15) is 0 Å². The molecule has 1 fully saturated rings. The van der Waals surface area contributed by atoms with Crippen LogP contribution in [0.2, 0.25) is 0 Å². The number of nitrogens with zero attached hydrogens (tertiary/aromatic N) is 2. The van der Waals surface area contributed by atoms with Gasteiger partial charge in [0, 0.05) is 31.1 Å². The number of piperidine rings is 1. The van der Waals surface area contributed by atoms with E-state index in [4.69, 9.17) is 16.6 Å². The molecule has 0 bridgehead atoms. The maximum atomic E-state index is 12.5. The van der Waals surface area contributed by atoms with Crippen LogP contribution in [0.15, 0.2) is 23.0 Å². The standard InChI is InChI=1S/C22H28N4O3/c1-5-12-29-20(27)17(23)14-22(3,4)25-10-8-16(9-11-25)26-19-13-15(2)6-7-18(19)24-21(26)28/h1,6-7,13,16,23H,8-12,14H2,2-4H3,(H,24,28). The van der Waals surface area contributed by atoms with Crippen molar-refractivity contribution >= 4 is 22.7 Å². The first kappa shape index (κ1) is 20.9. The van der Waals surface area contributed by atoms with Gasteiger partial charge in [-0.05, 0) is 51.3 Å². The molecule has 0 aliphatic carbocycles. The Morgan fingerprint density at radius 1 is 1.38 bits per heavy atom. The van der Waals surface area contributed by atoms with E-state index in [2.05, 4.69) is 15.8 Å². The molecule has 0 atom stereocenters.